The Kier molecular flexibility index (Phi) is 4.43. The molecule has 1 fully saturated rings. The van der Waals surface area contributed by atoms with E-state index in [9.17, 15) is 0 Å². The van der Waals surface area contributed by atoms with Crippen LogP contribution in [0.25, 0.3) is 16.6 Å². The molecule has 5 nitrogen and oxygen atoms in total. The summed E-state index contributed by atoms with van der Waals surface area (Å²) >= 11 is 1.77. The second-order valence-electron chi connectivity index (χ2n) is 6.88. The maximum Gasteiger partial charge on any atom is 0.0801 e. The molecule has 1 saturated heterocycles. The first kappa shape index (κ1) is 16.6. The van der Waals surface area contributed by atoms with E-state index in [-0.39, 0.29) is 0 Å². The molecule has 136 valence electrons. The zero-order valence-corrected chi connectivity index (χ0v) is 15.8. The number of pyridine rings is 1. The average Bonchev–Trinajstić information content (AvgIpc) is 3.39. The minimum absolute atomic E-state index is 0.444. The Morgan fingerprint density at radius 1 is 1.04 bits per heavy atom. The van der Waals surface area contributed by atoms with Gasteiger partial charge in [0.25, 0.3) is 0 Å². The molecule has 5 rings (SSSR count). The second kappa shape index (κ2) is 7.21. The van der Waals surface area contributed by atoms with Gasteiger partial charge in [-0.3, -0.25) is 4.68 Å². The number of fused-ring (bicyclic) bond motifs is 1. The van der Waals surface area contributed by atoms with Crippen molar-refractivity contribution in [1.29, 1.82) is 0 Å². The standard InChI is InChI=1S/C21H21N5S/c1-2-6-19(7-3-1)27-21-11-16(14-26-20(21)8-10-23-26)17-12-24-25(15-17)18-5-4-9-22-13-18/h1-3,6-8,10-12,14-15,18,22H,4-5,9,13H2/t18-/m0/s1. The Balaban J connectivity index is 1.51. The van der Waals surface area contributed by atoms with Crippen molar-refractivity contribution < 1.29 is 0 Å². The second-order valence-corrected chi connectivity index (χ2v) is 7.99. The highest BCUT2D eigenvalue weighted by Gasteiger charge is 2.17. The van der Waals surface area contributed by atoms with E-state index in [2.05, 4.69) is 69.0 Å². The van der Waals surface area contributed by atoms with Gasteiger partial charge < -0.3 is 5.32 Å². The smallest absolute Gasteiger partial charge is 0.0801 e. The number of hydrogen-bond donors (Lipinski definition) is 1. The lowest BCUT2D eigenvalue weighted by Crippen LogP contribution is -2.31. The van der Waals surface area contributed by atoms with Gasteiger partial charge in [0.05, 0.1) is 24.0 Å². The lowest BCUT2D eigenvalue weighted by molar-refractivity contribution is 0.347. The van der Waals surface area contributed by atoms with E-state index in [4.69, 9.17) is 0 Å². The zero-order valence-electron chi connectivity index (χ0n) is 15.0. The molecule has 3 aromatic heterocycles. The summed E-state index contributed by atoms with van der Waals surface area (Å²) in [4.78, 5) is 2.42. The molecule has 1 atom stereocenters. The minimum Gasteiger partial charge on any atom is -0.315 e. The molecule has 0 amide bonds. The van der Waals surface area contributed by atoms with Gasteiger partial charge in [0.15, 0.2) is 0 Å². The van der Waals surface area contributed by atoms with Crippen molar-refractivity contribution >= 4 is 17.3 Å². The number of nitrogens with one attached hydrogen (secondary N) is 1. The number of rotatable bonds is 4. The van der Waals surface area contributed by atoms with Crippen LogP contribution in [0.3, 0.4) is 0 Å². The molecule has 6 heteroatoms. The van der Waals surface area contributed by atoms with Crippen LogP contribution < -0.4 is 5.32 Å². The first-order chi connectivity index (χ1) is 13.4. The third kappa shape index (κ3) is 3.38. The van der Waals surface area contributed by atoms with Crippen molar-refractivity contribution in [1.82, 2.24) is 24.7 Å². The van der Waals surface area contributed by atoms with Gasteiger partial charge >= 0.3 is 0 Å². The van der Waals surface area contributed by atoms with Crippen LogP contribution in [0, 0.1) is 0 Å². The summed E-state index contributed by atoms with van der Waals surface area (Å²) in [5, 5.41) is 12.6. The van der Waals surface area contributed by atoms with Crippen LogP contribution in [0.5, 0.6) is 0 Å². The topological polar surface area (TPSA) is 47.2 Å². The Morgan fingerprint density at radius 3 is 2.81 bits per heavy atom. The summed E-state index contributed by atoms with van der Waals surface area (Å²) in [5.41, 5.74) is 3.39. The fourth-order valence-electron chi connectivity index (χ4n) is 3.60. The maximum absolute atomic E-state index is 4.64. The molecule has 1 N–H and O–H groups in total. The molecule has 0 aliphatic carbocycles. The fraction of sp³-hybridized carbons (Fsp3) is 0.238. The van der Waals surface area contributed by atoms with E-state index >= 15 is 0 Å². The van der Waals surface area contributed by atoms with Gasteiger partial charge in [-0.2, -0.15) is 10.2 Å². The van der Waals surface area contributed by atoms with Crippen molar-refractivity contribution in [2.75, 3.05) is 13.1 Å². The Morgan fingerprint density at radius 2 is 1.96 bits per heavy atom. The molecule has 1 aliphatic rings. The first-order valence-corrected chi connectivity index (χ1v) is 10.1. The highest BCUT2D eigenvalue weighted by Crippen LogP contribution is 2.34. The molecule has 1 aliphatic heterocycles. The van der Waals surface area contributed by atoms with Gasteiger partial charge in [0, 0.05) is 39.9 Å². The molecule has 4 heterocycles. The summed E-state index contributed by atoms with van der Waals surface area (Å²) < 4.78 is 4.07. The van der Waals surface area contributed by atoms with E-state index in [0.717, 1.165) is 29.7 Å². The molecule has 1 aromatic carbocycles. The Hall–Kier alpha value is -2.57. The Labute approximate surface area is 162 Å². The van der Waals surface area contributed by atoms with Gasteiger partial charge in [0.2, 0.25) is 0 Å². The zero-order chi connectivity index (χ0) is 18.1. The molecule has 0 unspecified atom stereocenters. The molecule has 27 heavy (non-hydrogen) atoms. The average molecular weight is 376 g/mol. The summed E-state index contributed by atoms with van der Waals surface area (Å²) in [6.45, 7) is 2.11. The van der Waals surface area contributed by atoms with Crippen LogP contribution in [0.4, 0.5) is 0 Å². The SMILES string of the molecule is c1ccc(Sc2cc(-c3cnn([C@H]4CCCNC4)c3)cn3nccc23)cc1. The van der Waals surface area contributed by atoms with Gasteiger partial charge in [-0.05, 0) is 43.7 Å². The van der Waals surface area contributed by atoms with Crippen molar-refractivity contribution in [3.63, 3.8) is 0 Å². The maximum atomic E-state index is 4.64. The lowest BCUT2D eigenvalue weighted by Gasteiger charge is -2.22. The molecule has 0 spiro atoms. The number of benzene rings is 1. The van der Waals surface area contributed by atoms with Crippen molar-refractivity contribution in [3.8, 4) is 11.1 Å². The first-order valence-electron chi connectivity index (χ1n) is 9.32. The highest BCUT2D eigenvalue weighted by molar-refractivity contribution is 7.99. The van der Waals surface area contributed by atoms with Crippen LogP contribution in [0.15, 0.2) is 77.0 Å². The van der Waals surface area contributed by atoms with E-state index in [1.54, 1.807) is 11.8 Å². The van der Waals surface area contributed by atoms with E-state index in [1.165, 1.54) is 22.6 Å². The van der Waals surface area contributed by atoms with Crippen LogP contribution in [0.1, 0.15) is 18.9 Å². The Bertz CT molecular complexity index is 1050. The van der Waals surface area contributed by atoms with E-state index in [1.807, 2.05) is 23.0 Å². The molecule has 0 radical (unpaired) electrons. The van der Waals surface area contributed by atoms with Crippen molar-refractivity contribution in [2.45, 2.75) is 28.7 Å². The highest BCUT2D eigenvalue weighted by atomic mass is 32.2. The monoisotopic (exact) mass is 375 g/mol. The summed E-state index contributed by atoms with van der Waals surface area (Å²) in [5.74, 6) is 0. The largest absolute Gasteiger partial charge is 0.315 e. The van der Waals surface area contributed by atoms with Gasteiger partial charge in [-0.1, -0.05) is 30.0 Å². The van der Waals surface area contributed by atoms with E-state index in [0.29, 0.717) is 6.04 Å². The normalized spacial score (nSPS) is 17.4. The van der Waals surface area contributed by atoms with Gasteiger partial charge in [-0.25, -0.2) is 4.52 Å². The van der Waals surface area contributed by atoms with E-state index < -0.39 is 0 Å². The predicted molar refractivity (Wildman–Crippen MR) is 108 cm³/mol. The molecule has 0 bridgehead atoms. The number of aromatic nitrogens is 4. The summed E-state index contributed by atoms with van der Waals surface area (Å²) in [7, 11) is 0. The number of piperidine rings is 1. The minimum atomic E-state index is 0.444. The summed E-state index contributed by atoms with van der Waals surface area (Å²) in [6, 6.07) is 15.2. The molecular weight excluding hydrogens is 354 g/mol. The predicted octanol–water partition coefficient (Wildman–Crippen LogP) is 4.27. The van der Waals surface area contributed by atoms with Crippen LogP contribution in [-0.2, 0) is 0 Å². The quantitative estimate of drug-likeness (QED) is 0.579. The van der Waals surface area contributed by atoms with Crippen LogP contribution in [-0.4, -0.2) is 32.5 Å². The molecule has 0 saturated carbocycles. The van der Waals surface area contributed by atoms with Gasteiger partial charge in [-0.15, -0.1) is 0 Å². The third-order valence-electron chi connectivity index (χ3n) is 5.02. The van der Waals surface area contributed by atoms with Gasteiger partial charge in [0.1, 0.15) is 0 Å². The molecule has 4 aromatic rings. The fourth-order valence-corrected chi connectivity index (χ4v) is 4.60. The third-order valence-corrected chi connectivity index (χ3v) is 6.08. The molecular formula is C21H21N5S. The van der Waals surface area contributed by atoms with Crippen molar-refractivity contribution in [2.24, 2.45) is 0 Å². The lowest BCUT2D eigenvalue weighted by atomic mass is 10.1. The number of nitrogens with zero attached hydrogens (tertiary/aromatic N) is 4. The van der Waals surface area contributed by atoms with Crippen molar-refractivity contribution in [3.05, 3.63) is 67.3 Å². The van der Waals surface area contributed by atoms with Crippen LogP contribution >= 0.6 is 11.8 Å². The van der Waals surface area contributed by atoms with Crippen LogP contribution in [0.2, 0.25) is 0 Å². The number of hydrogen-bond acceptors (Lipinski definition) is 4. The summed E-state index contributed by atoms with van der Waals surface area (Å²) in [6.07, 6.45) is 10.5.